The fourth-order valence-electron chi connectivity index (χ4n) is 2.75. The molecule has 0 saturated carbocycles. The van der Waals surface area contributed by atoms with E-state index in [0.29, 0.717) is 5.56 Å². The molecule has 0 fully saturated rings. The van der Waals surface area contributed by atoms with Gasteiger partial charge in [-0.3, -0.25) is 4.98 Å². The number of nitrogens with zero attached hydrogens (tertiary/aromatic N) is 3. The van der Waals surface area contributed by atoms with Crippen LogP contribution in [0.25, 0.3) is 28.0 Å². The lowest BCUT2D eigenvalue weighted by atomic mass is 10.1. The van der Waals surface area contributed by atoms with Gasteiger partial charge in [-0.2, -0.15) is 5.26 Å². The average Bonchev–Trinajstić information content (AvgIpc) is 2.99. The monoisotopic (exact) mass is 373 g/mol. The van der Waals surface area contributed by atoms with E-state index in [4.69, 9.17) is 5.26 Å². The standard InChI is InChI=1S/C20H12BrN3/c21-17-10-19(16-8-6-14(11-22)7-9-16)24-13-18(23-12-20(17)24)15-4-2-1-3-5-15/h1-10,12-13H. The van der Waals surface area contributed by atoms with Crippen LogP contribution in [-0.2, 0) is 0 Å². The van der Waals surface area contributed by atoms with E-state index in [-0.39, 0.29) is 0 Å². The van der Waals surface area contributed by atoms with Crippen LogP contribution in [0.4, 0.5) is 0 Å². The Bertz CT molecular complexity index is 1060. The molecule has 0 bridgehead atoms. The van der Waals surface area contributed by atoms with Crippen molar-refractivity contribution in [3.8, 4) is 28.6 Å². The van der Waals surface area contributed by atoms with Crippen LogP contribution in [-0.4, -0.2) is 9.38 Å². The van der Waals surface area contributed by atoms with Gasteiger partial charge in [-0.1, -0.05) is 42.5 Å². The Morgan fingerprint density at radius 1 is 0.958 bits per heavy atom. The average molecular weight is 374 g/mol. The predicted molar refractivity (Wildman–Crippen MR) is 98.5 cm³/mol. The van der Waals surface area contributed by atoms with E-state index in [1.54, 1.807) is 0 Å². The molecule has 3 nitrogen and oxygen atoms in total. The fraction of sp³-hybridized carbons (Fsp3) is 0. The second-order valence-corrected chi connectivity index (χ2v) is 6.31. The summed E-state index contributed by atoms with van der Waals surface area (Å²) >= 11 is 3.61. The largest absolute Gasteiger partial charge is 0.312 e. The first kappa shape index (κ1) is 14.7. The summed E-state index contributed by atoms with van der Waals surface area (Å²) < 4.78 is 3.12. The maximum absolute atomic E-state index is 8.97. The van der Waals surface area contributed by atoms with E-state index >= 15 is 0 Å². The van der Waals surface area contributed by atoms with E-state index < -0.39 is 0 Å². The zero-order valence-corrected chi connectivity index (χ0v) is 14.2. The van der Waals surface area contributed by atoms with E-state index in [1.165, 1.54) is 0 Å². The van der Waals surface area contributed by atoms with E-state index in [1.807, 2.05) is 67.0 Å². The van der Waals surface area contributed by atoms with Gasteiger partial charge in [0.15, 0.2) is 0 Å². The second kappa shape index (κ2) is 5.95. The summed E-state index contributed by atoms with van der Waals surface area (Å²) in [5.74, 6) is 0. The molecule has 2 heterocycles. The molecule has 0 amide bonds. The fourth-order valence-corrected chi connectivity index (χ4v) is 3.26. The molecule has 0 aliphatic carbocycles. The highest BCUT2D eigenvalue weighted by atomic mass is 79.9. The lowest BCUT2D eigenvalue weighted by molar-refractivity contribution is 1.15. The van der Waals surface area contributed by atoms with Gasteiger partial charge in [0, 0.05) is 16.2 Å². The van der Waals surface area contributed by atoms with E-state index in [0.717, 1.165) is 32.5 Å². The third-order valence-corrected chi connectivity index (χ3v) is 4.62. The second-order valence-electron chi connectivity index (χ2n) is 5.46. The van der Waals surface area contributed by atoms with Gasteiger partial charge in [-0.05, 0) is 39.7 Å². The van der Waals surface area contributed by atoms with Gasteiger partial charge < -0.3 is 4.40 Å². The van der Waals surface area contributed by atoms with Crippen molar-refractivity contribution in [3.63, 3.8) is 0 Å². The third-order valence-electron chi connectivity index (χ3n) is 3.98. The van der Waals surface area contributed by atoms with Crippen molar-refractivity contribution in [1.29, 1.82) is 5.26 Å². The topological polar surface area (TPSA) is 41.1 Å². The number of rotatable bonds is 2. The minimum Gasteiger partial charge on any atom is -0.312 e. The zero-order chi connectivity index (χ0) is 16.5. The lowest BCUT2D eigenvalue weighted by Crippen LogP contribution is -1.92. The number of nitriles is 1. The lowest BCUT2D eigenvalue weighted by Gasteiger charge is -2.06. The maximum atomic E-state index is 8.97. The van der Waals surface area contributed by atoms with Gasteiger partial charge in [-0.25, -0.2) is 0 Å². The molecule has 0 aliphatic rings. The van der Waals surface area contributed by atoms with Crippen molar-refractivity contribution in [2.45, 2.75) is 0 Å². The first-order chi connectivity index (χ1) is 11.8. The summed E-state index contributed by atoms with van der Waals surface area (Å²) in [7, 11) is 0. The summed E-state index contributed by atoms with van der Waals surface area (Å²) in [5.41, 5.74) is 5.77. The highest BCUT2D eigenvalue weighted by molar-refractivity contribution is 9.10. The van der Waals surface area contributed by atoms with Crippen molar-refractivity contribution in [3.05, 3.63) is 83.1 Å². The SMILES string of the molecule is N#Cc1ccc(-c2cc(Br)c3cnc(-c4ccccc4)cn23)cc1. The Labute approximate surface area is 148 Å². The molecule has 2 aromatic carbocycles. The van der Waals surface area contributed by atoms with Crippen LogP contribution in [0.3, 0.4) is 0 Å². The first-order valence-electron chi connectivity index (χ1n) is 7.49. The molecule has 4 rings (SSSR count). The molecule has 0 spiro atoms. The number of hydrogen-bond donors (Lipinski definition) is 0. The Morgan fingerprint density at radius 2 is 1.71 bits per heavy atom. The third kappa shape index (κ3) is 2.49. The molecule has 0 atom stereocenters. The smallest absolute Gasteiger partial charge is 0.0991 e. The Hall–Kier alpha value is -2.90. The molecule has 0 N–H and O–H groups in total. The highest BCUT2D eigenvalue weighted by Crippen LogP contribution is 2.31. The number of halogens is 1. The van der Waals surface area contributed by atoms with Gasteiger partial charge >= 0.3 is 0 Å². The van der Waals surface area contributed by atoms with E-state index in [2.05, 4.69) is 37.5 Å². The number of hydrogen-bond acceptors (Lipinski definition) is 2. The van der Waals surface area contributed by atoms with Crippen LogP contribution in [0.1, 0.15) is 5.56 Å². The van der Waals surface area contributed by atoms with Gasteiger partial charge in [0.05, 0.1) is 34.7 Å². The Morgan fingerprint density at radius 3 is 2.42 bits per heavy atom. The van der Waals surface area contributed by atoms with E-state index in [9.17, 15) is 0 Å². The predicted octanol–water partition coefficient (Wildman–Crippen LogP) is 5.30. The van der Waals surface area contributed by atoms with Crippen molar-refractivity contribution in [2.24, 2.45) is 0 Å². The number of fused-ring (bicyclic) bond motifs is 1. The minimum atomic E-state index is 0.658. The van der Waals surface area contributed by atoms with Crippen molar-refractivity contribution in [1.82, 2.24) is 9.38 Å². The number of aromatic nitrogens is 2. The maximum Gasteiger partial charge on any atom is 0.0991 e. The Balaban J connectivity index is 1.91. The van der Waals surface area contributed by atoms with Crippen LogP contribution in [0.5, 0.6) is 0 Å². The molecule has 2 aromatic heterocycles. The molecular weight excluding hydrogens is 362 g/mol. The molecular formula is C20H12BrN3. The van der Waals surface area contributed by atoms with Crippen LogP contribution in [0, 0.1) is 11.3 Å². The summed E-state index contributed by atoms with van der Waals surface area (Å²) in [6, 6.07) is 21.9. The van der Waals surface area contributed by atoms with Crippen LogP contribution in [0.15, 0.2) is 77.5 Å². The van der Waals surface area contributed by atoms with Crippen molar-refractivity contribution < 1.29 is 0 Å². The molecule has 114 valence electrons. The van der Waals surface area contributed by atoms with Crippen molar-refractivity contribution in [2.75, 3.05) is 0 Å². The Kier molecular flexibility index (Phi) is 3.64. The van der Waals surface area contributed by atoms with Gasteiger partial charge in [-0.15, -0.1) is 0 Å². The van der Waals surface area contributed by atoms with Gasteiger partial charge in [0.1, 0.15) is 0 Å². The summed E-state index contributed by atoms with van der Waals surface area (Å²) in [6.45, 7) is 0. The minimum absolute atomic E-state index is 0.658. The van der Waals surface area contributed by atoms with Gasteiger partial charge in [0.2, 0.25) is 0 Å². The molecule has 4 aromatic rings. The van der Waals surface area contributed by atoms with Crippen LogP contribution < -0.4 is 0 Å². The number of benzene rings is 2. The molecule has 4 heteroatoms. The normalized spacial score (nSPS) is 10.7. The summed E-state index contributed by atoms with van der Waals surface area (Å²) in [5, 5.41) is 8.97. The quantitative estimate of drug-likeness (QED) is 0.478. The molecule has 0 unspecified atom stereocenters. The van der Waals surface area contributed by atoms with Crippen LogP contribution in [0.2, 0.25) is 0 Å². The summed E-state index contributed by atoms with van der Waals surface area (Å²) in [4.78, 5) is 4.58. The van der Waals surface area contributed by atoms with Crippen LogP contribution >= 0.6 is 15.9 Å². The van der Waals surface area contributed by atoms with Gasteiger partial charge in [0.25, 0.3) is 0 Å². The molecule has 0 radical (unpaired) electrons. The molecule has 24 heavy (non-hydrogen) atoms. The summed E-state index contributed by atoms with van der Waals surface area (Å²) in [6.07, 6.45) is 3.92. The first-order valence-corrected chi connectivity index (χ1v) is 8.28. The molecule has 0 aliphatic heterocycles. The zero-order valence-electron chi connectivity index (χ0n) is 12.6. The highest BCUT2D eigenvalue weighted by Gasteiger charge is 2.11. The van der Waals surface area contributed by atoms with Crippen molar-refractivity contribution >= 4 is 21.4 Å². The molecule has 0 saturated heterocycles.